The lowest BCUT2D eigenvalue weighted by atomic mass is 9.91. The number of hydrogen-bond acceptors (Lipinski definition) is 4. The lowest BCUT2D eigenvalue weighted by molar-refractivity contribution is 1.24. The zero-order valence-corrected chi connectivity index (χ0v) is 29.1. The summed E-state index contributed by atoms with van der Waals surface area (Å²) < 4.78 is 0. The van der Waals surface area contributed by atoms with E-state index in [-0.39, 0.29) is 0 Å². The summed E-state index contributed by atoms with van der Waals surface area (Å²) >= 11 is 7.48. The first-order valence-corrected chi connectivity index (χ1v) is 20.2. The van der Waals surface area contributed by atoms with E-state index >= 15 is 0 Å². The highest BCUT2D eigenvalue weighted by molar-refractivity contribution is 8.26. The van der Waals surface area contributed by atoms with Gasteiger partial charge in [0.1, 0.15) is 0 Å². The summed E-state index contributed by atoms with van der Waals surface area (Å²) in [6, 6.07) is 59.6. The van der Waals surface area contributed by atoms with Crippen LogP contribution in [0.15, 0.2) is 170 Å². The second-order valence-electron chi connectivity index (χ2n) is 13.6. The smallest absolute Gasteiger partial charge is 0.0653 e. The van der Waals surface area contributed by atoms with Gasteiger partial charge in [0.2, 0.25) is 0 Å². The zero-order valence-electron chi connectivity index (χ0n) is 27.4. The van der Waals surface area contributed by atoms with E-state index in [4.69, 9.17) is 11.8 Å². The number of benzene rings is 9. The normalized spacial score (nSPS) is 14.8. The fourth-order valence-electron chi connectivity index (χ4n) is 9.25. The van der Waals surface area contributed by atoms with E-state index in [0.29, 0.717) is 0 Å². The van der Waals surface area contributed by atoms with Crippen molar-refractivity contribution in [2.24, 2.45) is 0 Å². The van der Waals surface area contributed by atoms with Gasteiger partial charge < -0.3 is 14.7 Å². The molecule has 0 bridgehead atoms. The Balaban J connectivity index is 1.36. The molecule has 3 heterocycles. The molecule has 0 spiro atoms. The molecule has 0 atom stereocenters. The number of rotatable bonds is 3. The lowest BCUT2D eigenvalue weighted by Gasteiger charge is -2.52. The summed E-state index contributed by atoms with van der Waals surface area (Å²) in [6.45, 7) is 0. The Hall–Kier alpha value is -5.93. The molecule has 3 aliphatic heterocycles. The molecular weight excluding hydrogens is 658 g/mol. The van der Waals surface area contributed by atoms with Gasteiger partial charge in [-0.15, -0.1) is 0 Å². The quantitative estimate of drug-likeness (QED) is 0.135. The van der Waals surface area contributed by atoms with E-state index in [2.05, 4.69) is 185 Å². The first kappa shape index (κ1) is 27.8. The fourth-order valence-corrected chi connectivity index (χ4v) is 14.6. The molecule has 238 valence electrons. The van der Waals surface area contributed by atoms with Crippen LogP contribution in [0.4, 0.5) is 51.2 Å². The van der Waals surface area contributed by atoms with Crippen molar-refractivity contribution in [2.75, 3.05) is 14.7 Å². The Kier molecular flexibility index (Phi) is 5.38. The van der Waals surface area contributed by atoms with Crippen LogP contribution in [0.3, 0.4) is 0 Å². The summed E-state index contributed by atoms with van der Waals surface area (Å²) in [6.07, 6.45) is 0. The number of nitrogens with zero attached hydrogens (tertiary/aromatic N) is 3. The van der Waals surface area contributed by atoms with Crippen LogP contribution < -0.4 is 30.6 Å². The van der Waals surface area contributed by atoms with Crippen molar-refractivity contribution in [3.05, 3.63) is 170 Å². The minimum Gasteiger partial charge on any atom is -0.309 e. The molecule has 0 fully saturated rings. The summed E-state index contributed by atoms with van der Waals surface area (Å²) in [4.78, 5) is 7.51. The van der Waals surface area contributed by atoms with Gasteiger partial charge in [-0.3, -0.25) is 0 Å². The maximum Gasteiger partial charge on any atom is 0.0653 e. The molecule has 3 nitrogen and oxygen atoms in total. The second-order valence-corrected chi connectivity index (χ2v) is 17.8. The molecule has 0 N–H and O–H groups in total. The van der Waals surface area contributed by atoms with Gasteiger partial charge in [-0.05, 0) is 76.8 Å². The SMILES string of the molecule is S=P12c3c4cccc3N(c3ccccc3)c3c1c(c1ccc5cccc6ccc3c1c65)N(c1ccccc1)c1cccc(c12)N4c1ccccc1. The molecule has 3 aliphatic rings. The number of hydrogen-bond donors (Lipinski definition) is 0. The van der Waals surface area contributed by atoms with Gasteiger partial charge >= 0.3 is 0 Å². The highest BCUT2D eigenvalue weighted by Crippen LogP contribution is 2.68. The van der Waals surface area contributed by atoms with Crippen molar-refractivity contribution in [3.8, 4) is 0 Å². The molecule has 0 saturated carbocycles. The van der Waals surface area contributed by atoms with Crippen LogP contribution in [0.5, 0.6) is 0 Å². The minimum absolute atomic E-state index is 1.13. The average molecular weight is 686 g/mol. The van der Waals surface area contributed by atoms with Gasteiger partial charge in [-0.1, -0.05) is 121 Å². The molecule has 0 aromatic heterocycles. The monoisotopic (exact) mass is 685 g/mol. The molecular formula is C46H28N3PS. The summed E-state index contributed by atoms with van der Waals surface area (Å²) in [5.41, 5.74) is 10.5. The molecule has 5 heteroatoms. The highest BCUT2D eigenvalue weighted by Gasteiger charge is 2.52. The fraction of sp³-hybridized carbons (Fsp3) is 0. The van der Waals surface area contributed by atoms with E-state index < -0.39 is 6.04 Å². The van der Waals surface area contributed by atoms with Crippen LogP contribution in [0, 0.1) is 0 Å². The van der Waals surface area contributed by atoms with Crippen molar-refractivity contribution < 1.29 is 0 Å². The number of para-hydroxylation sites is 3. The molecule has 0 aliphatic carbocycles. The zero-order chi connectivity index (χ0) is 33.4. The molecule has 0 saturated heterocycles. The Labute approximate surface area is 300 Å². The largest absolute Gasteiger partial charge is 0.309 e. The van der Waals surface area contributed by atoms with E-state index in [9.17, 15) is 0 Å². The topological polar surface area (TPSA) is 9.72 Å². The van der Waals surface area contributed by atoms with E-state index in [1.165, 1.54) is 82.4 Å². The van der Waals surface area contributed by atoms with E-state index in [1.807, 2.05) is 0 Å². The maximum atomic E-state index is 7.48. The Morgan fingerprint density at radius 2 is 0.725 bits per heavy atom. The average Bonchev–Trinajstić information content (AvgIpc) is 3.19. The molecule has 9 aromatic rings. The summed E-state index contributed by atoms with van der Waals surface area (Å²) in [5.74, 6) is 0. The standard InChI is InChI=1S/C46H28N3PS/c51-50-44-36-21-11-23-38(44)48(32-17-6-2-7-18-32)42-34-27-25-29-13-10-14-30-26-28-35(41(34)40(29)30)43(46(42)50)49(33-19-8-3-9-20-33)39-24-12-22-37(45(39)50)47(36)31-15-4-1-5-16-31/h1-28H. The van der Waals surface area contributed by atoms with Crippen molar-refractivity contribution in [1.82, 2.24) is 0 Å². The van der Waals surface area contributed by atoms with Crippen LogP contribution >= 0.6 is 6.04 Å². The Bertz CT molecular complexity index is 2790. The van der Waals surface area contributed by atoms with Crippen LogP contribution in [0.1, 0.15) is 0 Å². The molecule has 51 heavy (non-hydrogen) atoms. The predicted molar refractivity (Wildman–Crippen MR) is 221 cm³/mol. The molecule has 9 aromatic carbocycles. The first-order chi connectivity index (χ1) is 25.2. The minimum atomic E-state index is -2.67. The van der Waals surface area contributed by atoms with Gasteiger partial charge in [0.15, 0.2) is 0 Å². The van der Waals surface area contributed by atoms with E-state index in [1.54, 1.807) is 0 Å². The van der Waals surface area contributed by atoms with Gasteiger partial charge in [0.25, 0.3) is 0 Å². The van der Waals surface area contributed by atoms with Crippen molar-refractivity contribution in [1.29, 1.82) is 0 Å². The lowest BCUT2D eigenvalue weighted by Crippen LogP contribution is -2.47. The molecule has 0 amide bonds. The second kappa shape index (κ2) is 9.86. The van der Waals surface area contributed by atoms with Crippen LogP contribution in [-0.2, 0) is 11.8 Å². The van der Waals surface area contributed by atoms with Gasteiger partial charge in [-0.25, -0.2) is 0 Å². The third-order valence-corrected chi connectivity index (χ3v) is 16.0. The molecule has 0 radical (unpaired) electrons. The number of fused-ring (bicyclic) bond motifs is 2. The molecule has 12 rings (SSSR count). The summed E-state index contributed by atoms with van der Waals surface area (Å²) in [7, 11) is 0. The number of anilines is 9. The Morgan fingerprint density at radius 1 is 0.333 bits per heavy atom. The predicted octanol–water partition coefficient (Wildman–Crippen LogP) is 11.7. The maximum absolute atomic E-state index is 7.48. The van der Waals surface area contributed by atoms with E-state index in [0.717, 1.165) is 17.1 Å². The first-order valence-electron chi connectivity index (χ1n) is 17.4. The van der Waals surface area contributed by atoms with Gasteiger partial charge in [0.05, 0.1) is 40.2 Å². The van der Waals surface area contributed by atoms with Crippen LogP contribution in [0.2, 0.25) is 0 Å². The van der Waals surface area contributed by atoms with Gasteiger partial charge in [-0.2, -0.15) is 0 Å². The summed E-state index contributed by atoms with van der Waals surface area (Å²) in [5, 5.41) is 11.4. The third-order valence-electron chi connectivity index (χ3n) is 11.1. The highest BCUT2D eigenvalue weighted by atomic mass is 32.4. The van der Waals surface area contributed by atoms with Crippen LogP contribution in [-0.4, -0.2) is 0 Å². The van der Waals surface area contributed by atoms with Crippen molar-refractivity contribution >= 4 is 117 Å². The molecule has 0 unspecified atom stereocenters. The third kappa shape index (κ3) is 3.37. The Morgan fingerprint density at radius 3 is 1.18 bits per heavy atom. The van der Waals surface area contributed by atoms with Crippen molar-refractivity contribution in [2.45, 2.75) is 0 Å². The van der Waals surface area contributed by atoms with Gasteiger partial charge in [0, 0.05) is 49.1 Å². The van der Waals surface area contributed by atoms with Crippen LogP contribution in [0.25, 0.3) is 32.3 Å². The van der Waals surface area contributed by atoms with Crippen molar-refractivity contribution in [3.63, 3.8) is 0 Å².